The minimum Gasteiger partial charge on any atom is -0.356 e. The van der Waals surface area contributed by atoms with E-state index in [0.717, 1.165) is 31.9 Å². The molecule has 2 heterocycles. The Hall–Kier alpha value is -0.0600. The molecule has 0 radical (unpaired) electrons. The summed E-state index contributed by atoms with van der Waals surface area (Å²) < 4.78 is 0. The number of hydrogen-bond acceptors (Lipinski definition) is 5. The zero-order valence-corrected chi connectivity index (χ0v) is 21.3. The van der Waals surface area contributed by atoms with Gasteiger partial charge in [-0.3, -0.25) is 9.89 Å². The van der Waals surface area contributed by atoms with E-state index in [4.69, 9.17) is 0 Å². The Morgan fingerprint density at radius 3 is 2.61 bits per heavy atom. The molecular weight excluding hydrogens is 501 g/mol. The lowest BCUT2D eigenvalue weighted by molar-refractivity contribution is 0.0626. The van der Waals surface area contributed by atoms with E-state index < -0.39 is 0 Å². The Balaban J connectivity index is 0.00000280. The van der Waals surface area contributed by atoms with Crippen LogP contribution in [-0.4, -0.2) is 66.1 Å². The molecule has 2 aliphatic rings. The van der Waals surface area contributed by atoms with Crippen molar-refractivity contribution in [2.75, 3.05) is 44.7 Å². The number of thioether (sulfide) groups is 1. The minimum absolute atomic E-state index is 0. The third-order valence-corrected chi connectivity index (χ3v) is 8.00. The highest BCUT2D eigenvalue weighted by Gasteiger charge is 2.38. The monoisotopic (exact) mass is 537 g/mol. The van der Waals surface area contributed by atoms with Gasteiger partial charge in [0.2, 0.25) is 0 Å². The van der Waals surface area contributed by atoms with E-state index in [-0.39, 0.29) is 24.0 Å². The fraction of sp³-hybridized carbons (Fsp3) is 0.800. The molecule has 0 bridgehead atoms. The number of nitrogens with one attached hydrogen (secondary N) is 2. The molecular formula is C20H36IN5S2. The van der Waals surface area contributed by atoms with Crippen LogP contribution >= 0.6 is 47.1 Å². The van der Waals surface area contributed by atoms with Gasteiger partial charge in [0.25, 0.3) is 0 Å². The van der Waals surface area contributed by atoms with Crippen LogP contribution in [0.15, 0.2) is 11.2 Å². The fourth-order valence-corrected chi connectivity index (χ4v) is 6.00. The van der Waals surface area contributed by atoms with Crippen molar-refractivity contribution in [1.29, 1.82) is 0 Å². The van der Waals surface area contributed by atoms with Crippen molar-refractivity contribution < 1.29 is 0 Å². The summed E-state index contributed by atoms with van der Waals surface area (Å²) >= 11 is 3.93. The molecule has 8 heteroatoms. The van der Waals surface area contributed by atoms with Gasteiger partial charge in [-0.2, -0.15) is 11.8 Å². The lowest BCUT2D eigenvalue weighted by Gasteiger charge is -2.48. The molecule has 1 aliphatic heterocycles. The number of halogens is 1. The molecule has 0 amide bonds. The average molecular weight is 538 g/mol. The quantitative estimate of drug-likeness (QED) is 0.315. The Morgan fingerprint density at radius 1 is 1.21 bits per heavy atom. The maximum Gasteiger partial charge on any atom is 0.191 e. The van der Waals surface area contributed by atoms with Gasteiger partial charge in [0.05, 0.1) is 5.01 Å². The van der Waals surface area contributed by atoms with Crippen molar-refractivity contribution in [2.45, 2.75) is 57.4 Å². The van der Waals surface area contributed by atoms with E-state index in [1.54, 1.807) is 0 Å². The van der Waals surface area contributed by atoms with E-state index in [0.29, 0.717) is 5.54 Å². The van der Waals surface area contributed by atoms with Crippen molar-refractivity contribution in [3.05, 3.63) is 16.1 Å². The normalized spacial score (nSPS) is 20.4. The zero-order chi connectivity index (χ0) is 19.0. The highest BCUT2D eigenvalue weighted by Crippen LogP contribution is 2.34. The third kappa shape index (κ3) is 6.74. The predicted molar refractivity (Wildman–Crippen MR) is 135 cm³/mol. The standard InChI is InChI=1S/C20H35N5S2.HI/c1-3-17-15-23-18(27-17)7-10-22-19(21-2)24-16-20(8-5-4-6-9-20)25-11-13-26-14-12-25;/h15H,3-14,16H2,1-2H3,(H2,21,22,24);1H. The molecule has 1 saturated heterocycles. The zero-order valence-electron chi connectivity index (χ0n) is 17.3. The lowest BCUT2D eigenvalue weighted by atomic mass is 9.80. The van der Waals surface area contributed by atoms with Gasteiger partial charge in [0.1, 0.15) is 0 Å². The first-order valence-electron chi connectivity index (χ1n) is 10.5. The van der Waals surface area contributed by atoms with Gasteiger partial charge in [-0.1, -0.05) is 26.2 Å². The molecule has 0 aromatic carbocycles. The Kier molecular flexibility index (Phi) is 10.9. The number of thiazole rings is 1. The number of hydrogen-bond donors (Lipinski definition) is 2. The first-order valence-corrected chi connectivity index (χ1v) is 12.4. The second-order valence-electron chi connectivity index (χ2n) is 7.56. The molecule has 1 aromatic rings. The summed E-state index contributed by atoms with van der Waals surface area (Å²) in [7, 11) is 1.87. The van der Waals surface area contributed by atoms with Crippen molar-refractivity contribution >= 4 is 53.0 Å². The molecule has 1 aromatic heterocycles. The highest BCUT2D eigenvalue weighted by molar-refractivity contribution is 14.0. The van der Waals surface area contributed by atoms with Crippen LogP contribution < -0.4 is 10.6 Å². The molecule has 1 aliphatic carbocycles. The summed E-state index contributed by atoms with van der Waals surface area (Å²) in [6.45, 7) is 6.55. The number of nitrogens with zero attached hydrogens (tertiary/aromatic N) is 3. The Morgan fingerprint density at radius 2 is 1.96 bits per heavy atom. The first kappa shape index (κ1) is 24.2. The highest BCUT2D eigenvalue weighted by atomic mass is 127. The molecule has 0 atom stereocenters. The average Bonchev–Trinajstić information content (AvgIpc) is 3.20. The van der Waals surface area contributed by atoms with Crippen LogP contribution in [0.4, 0.5) is 0 Å². The van der Waals surface area contributed by atoms with Gasteiger partial charge in [-0.25, -0.2) is 4.98 Å². The van der Waals surface area contributed by atoms with Gasteiger partial charge in [-0.15, -0.1) is 35.3 Å². The Bertz CT molecular complexity index is 595. The van der Waals surface area contributed by atoms with Crippen LogP contribution in [0, 0.1) is 0 Å². The first-order chi connectivity index (χ1) is 13.3. The summed E-state index contributed by atoms with van der Waals surface area (Å²) in [4.78, 5) is 13.1. The van der Waals surface area contributed by atoms with Crippen LogP contribution in [-0.2, 0) is 12.8 Å². The molecule has 160 valence electrons. The molecule has 28 heavy (non-hydrogen) atoms. The van der Waals surface area contributed by atoms with Crippen molar-refractivity contribution in [3.8, 4) is 0 Å². The van der Waals surface area contributed by atoms with Crippen molar-refractivity contribution in [2.24, 2.45) is 4.99 Å². The molecule has 0 unspecified atom stereocenters. The van der Waals surface area contributed by atoms with Crippen LogP contribution in [0.1, 0.15) is 48.9 Å². The van der Waals surface area contributed by atoms with Gasteiger partial charge >= 0.3 is 0 Å². The largest absolute Gasteiger partial charge is 0.356 e. The van der Waals surface area contributed by atoms with Crippen molar-refractivity contribution in [1.82, 2.24) is 20.5 Å². The van der Waals surface area contributed by atoms with E-state index in [1.807, 2.05) is 24.6 Å². The van der Waals surface area contributed by atoms with Gasteiger partial charge < -0.3 is 10.6 Å². The summed E-state index contributed by atoms with van der Waals surface area (Å²) in [5.41, 5.74) is 0.322. The van der Waals surface area contributed by atoms with Crippen LogP contribution in [0.5, 0.6) is 0 Å². The number of aromatic nitrogens is 1. The number of aryl methyl sites for hydroxylation is 1. The number of aliphatic imine (C=N–C) groups is 1. The molecule has 1 saturated carbocycles. The van der Waals surface area contributed by atoms with Crippen LogP contribution in [0.25, 0.3) is 0 Å². The maximum atomic E-state index is 4.51. The summed E-state index contributed by atoms with van der Waals surface area (Å²) in [6.07, 6.45) is 10.8. The number of rotatable bonds is 7. The predicted octanol–water partition coefficient (Wildman–Crippen LogP) is 3.78. The van der Waals surface area contributed by atoms with E-state index in [1.165, 1.54) is 66.6 Å². The van der Waals surface area contributed by atoms with Crippen LogP contribution in [0.3, 0.4) is 0 Å². The molecule has 2 N–H and O–H groups in total. The molecule has 2 fully saturated rings. The third-order valence-electron chi connectivity index (χ3n) is 5.86. The summed E-state index contributed by atoms with van der Waals surface area (Å²) in [5, 5.41) is 8.35. The Labute approximate surface area is 196 Å². The van der Waals surface area contributed by atoms with E-state index >= 15 is 0 Å². The fourth-order valence-electron chi connectivity index (χ4n) is 4.24. The summed E-state index contributed by atoms with van der Waals surface area (Å²) in [6, 6.07) is 0. The number of guanidine groups is 1. The lowest BCUT2D eigenvalue weighted by Crippen LogP contribution is -2.59. The maximum absolute atomic E-state index is 4.51. The van der Waals surface area contributed by atoms with Gasteiger partial charge in [0.15, 0.2) is 5.96 Å². The SMILES string of the molecule is CCc1cnc(CCNC(=NC)NCC2(N3CCSCC3)CCCCC2)s1.I. The van der Waals surface area contributed by atoms with Gasteiger partial charge in [-0.05, 0) is 19.3 Å². The smallest absolute Gasteiger partial charge is 0.191 e. The topological polar surface area (TPSA) is 52.6 Å². The molecule has 5 nitrogen and oxygen atoms in total. The second-order valence-corrected chi connectivity index (χ2v) is 9.99. The van der Waals surface area contributed by atoms with E-state index in [2.05, 4.69) is 44.2 Å². The minimum atomic E-state index is 0. The van der Waals surface area contributed by atoms with E-state index in [9.17, 15) is 0 Å². The molecule has 0 spiro atoms. The summed E-state index contributed by atoms with van der Waals surface area (Å²) in [5.74, 6) is 3.49. The second kappa shape index (κ2) is 12.6. The molecule has 3 rings (SSSR count). The van der Waals surface area contributed by atoms with Gasteiger partial charge in [0, 0.05) is 67.8 Å². The van der Waals surface area contributed by atoms with Crippen molar-refractivity contribution in [3.63, 3.8) is 0 Å². The van der Waals surface area contributed by atoms with Crippen LogP contribution in [0.2, 0.25) is 0 Å².